The van der Waals surface area contributed by atoms with E-state index in [1.807, 2.05) is 84.9 Å². The molecule has 1 heterocycles. The van der Waals surface area contributed by atoms with Gasteiger partial charge in [-0.15, -0.1) is 0 Å². The predicted octanol–water partition coefficient (Wildman–Crippen LogP) is 6.89. The van der Waals surface area contributed by atoms with E-state index in [1.54, 1.807) is 12.1 Å². The fraction of sp³-hybridized carbons (Fsp3) is 0.0333. The maximum absolute atomic E-state index is 11.4. The molecule has 190 valence electrons. The third kappa shape index (κ3) is 4.64. The molecule has 0 saturated carbocycles. The quantitative estimate of drug-likeness (QED) is 0.168. The summed E-state index contributed by atoms with van der Waals surface area (Å²) in [5.74, 6) is -0.197. The Kier molecular flexibility index (Phi) is 6.14. The second kappa shape index (κ2) is 10.1. The zero-order valence-corrected chi connectivity index (χ0v) is 20.5. The van der Waals surface area contributed by atoms with Gasteiger partial charge in [0.05, 0.1) is 16.3 Å². The lowest BCUT2D eigenvalue weighted by atomic mass is 10.0. The molecule has 3 N–H and O–H groups in total. The maximum atomic E-state index is 11.4. The Hall–Kier alpha value is -5.57. The van der Waals surface area contributed by atoms with Crippen LogP contribution in [0.15, 0.2) is 119 Å². The topological polar surface area (TPSA) is 125 Å². The molecule has 1 saturated heterocycles. The van der Waals surface area contributed by atoms with Gasteiger partial charge in [-0.25, -0.2) is 0 Å². The van der Waals surface area contributed by atoms with Crippen molar-refractivity contribution in [3.8, 4) is 0 Å². The number of non-ortho nitro benzene ring substituents is 1. The van der Waals surface area contributed by atoms with Gasteiger partial charge in [-0.05, 0) is 22.9 Å². The van der Waals surface area contributed by atoms with Crippen molar-refractivity contribution in [2.24, 2.45) is 10.2 Å². The Labute approximate surface area is 223 Å². The van der Waals surface area contributed by atoms with Crippen molar-refractivity contribution < 1.29 is 9.66 Å². The molecular weight excluding hydrogens is 492 g/mol. The molecule has 1 fully saturated rings. The second-order valence-electron chi connectivity index (χ2n) is 8.91. The Morgan fingerprint density at radius 1 is 0.744 bits per heavy atom. The Morgan fingerprint density at radius 2 is 1.31 bits per heavy atom. The third-order valence-corrected chi connectivity index (χ3v) is 6.49. The number of hydrazone groups is 2. The average molecular weight is 515 g/mol. The van der Waals surface area contributed by atoms with Crippen LogP contribution < -0.4 is 10.9 Å². The van der Waals surface area contributed by atoms with E-state index in [0.717, 1.165) is 32.9 Å². The van der Waals surface area contributed by atoms with Gasteiger partial charge < -0.3 is 4.74 Å². The Bertz CT molecular complexity index is 1800. The van der Waals surface area contributed by atoms with Gasteiger partial charge in [0.1, 0.15) is 5.71 Å². The summed E-state index contributed by atoms with van der Waals surface area (Å²) in [7, 11) is 0. The molecule has 5 aromatic rings. The highest BCUT2D eigenvalue weighted by molar-refractivity contribution is 6.69. The van der Waals surface area contributed by atoms with Gasteiger partial charge in [-0.3, -0.25) is 26.4 Å². The number of nitro benzene ring substituents is 1. The fourth-order valence-electron chi connectivity index (χ4n) is 4.60. The molecule has 1 atom stereocenters. The van der Waals surface area contributed by atoms with Crippen LogP contribution in [0.3, 0.4) is 0 Å². The molecule has 39 heavy (non-hydrogen) atoms. The minimum absolute atomic E-state index is 0.0803. The van der Waals surface area contributed by atoms with Crippen molar-refractivity contribution in [2.75, 3.05) is 10.9 Å². The SMILES string of the molecule is N=C1OC(c2cccc([N+](=O)[O-])c2)C(=NNc2cccc3ccccc23)C1=NNc1cccc2ccccc12. The molecule has 6 rings (SSSR count). The highest BCUT2D eigenvalue weighted by Gasteiger charge is 2.38. The number of hydrogen-bond acceptors (Lipinski definition) is 8. The fourth-order valence-corrected chi connectivity index (χ4v) is 4.60. The van der Waals surface area contributed by atoms with Gasteiger partial charge in [0.25, 0.3) is 5.69 Å². The number of ether oxygens (including phenoxy) is 1. The van der Waals surface area contributed by atoms with Crippen molar-refractivity contribution in [1.29, 1.82) is 5.41 Å². The van der Waals surface area contributed by atoms with Crippen LogP contribution in [0.25, 0.3) is 21.5 Å². The zero-order valence-electron chi connectivity index (χ0n) is 20.5. The zero-order chi connectivity index (χ0) is 26.8. The Morgan fingerprint density at radius 3 is 1.95 bits per heavy atom. The van der Waals surface area contributed by atoms with Crippen molar-refractivity contribution in [3.05, 3.63) is 125 Å². The molecule has 1 unspecified atom stereocenters. The molecule has 0 aliphatic carbocycles. The van der Waals surface area contributed by atoms with Gasteiger partial charge in [-0.2, -0.15) is 10.2 Å². The number of nitrogens with one attached hydrogen (secondary N) is 3. The molecule has 0 amide bonds. The number of hydrogen-bond donors (Lipinski definition) is 3. The maximum Gasteiger partial charge on any atom is 0.269 e. The summed E-state index contributed by atoms with van der Waals surface area (Å²) in [6, 6.07) is 33.6. The van der Waals surface area contributed by atoms with Gasteiger partial charge in [0, 0.05) is 28.5 Å². The van der Waals surface area contributed by atoms with Crippen LogP contribution in [0.5, 0.6) is 0 Å². The van der Waals surface area contributed by atoms with Gasteiger partial charge in [0.15, 0.2) is 11.8 Å². The summed E-state index contributed by atoms with van der Waals surface area (Å²) < 4.78 is 5.88. The summed E-state index contributed by atoms with van der Waals surface area (Å²) >= 11 is 0. The van der Waals surface area contributed by atoms with E-state index in [2.05, 4.69) is 21.1 Å². The first-order chi connectivity index (χ1) is 19.1. The number of nitrogens with zero attached hydrogens (tertiary/aromatic N) is 3. The first-order valence-corrected chi connectivity index (χ1v) is 12.2. The van der Waals surface area contributed by atoms with E-state index in [4.69, 9.17) is 10.1 Å². The number of fused-ring (bicyclic) bond motifs is 2. The molecule has 0 radical (unpaired) electrons. The van der Waals surface area contributed by atoms with Crippen LogP contribution in [0.2, 0.25) is 0 Å². The third-order valence-electron chi connectivity index (χ3n) is 6.49. The van der Waals surface area contributed by atoms with E-state index in [0.29, 0.717) is 11.3 Å². The normalized spacial score (nSPS) is 17.0. The molecule has 1 aliphatic rings. The van der Waals surface area contributed by atoms with Crippen molar-refractivity contribution in [1.82, 2.24) is 0 Å². The van der Waals surface area contributed by atoms with Crippen LogP contribution in [0, 0.1) is 15.5 Å². The van der Waals surface area contributed by atoms with Crippen LogP contribution in [0.4, 0.5) is 17.1 Å². The minimum Gasteiger partial charge on any atom is -0.461 e. The first kappa shape index (κ1) is 23.8. The molecule has 9 nitrogen and oxygen atoms in total. The highest BCUT2D eigenvalue weighted by atomic mass is 16.6. The predicted molar refractivity (Wildman–Crippen MR) is 155 cm³/mol. The first-order valence-electron chi connectivity index (χ1n) is 12.2. The number of anilines is 2. The molecular formula is C30H22N6O3. The van der Waals surface area contributed by atoms with Crippen LogP contribution in [0.1, 0.15) is 11.7 Å². The van der Waals surface area contributed by atoms with Crippen LogP contribution in [-0.2, 0) is 4.74 Å². The summed E-state index contributed by atoms with van der Waals surface area (Å²) in [5, 5.41) is 33.2. The van der Waals surface area contributed by atoms with E-state index in [-0.39, 0.29) is 17.3 Å². The van der Waals surface area contributed by atoms with Gasteiger partial charge >= 0.3 is 0 Å². The molecule has 0 spiro atoms. The molecule has 5 aromatic carbocycles. The number of benzene rings is 5. The standard InChI is InChI=1S/C30H22N6O3/c31-30-28(35-33-26-17-7-11-20-9-2-4-15-24(20)26)27(29(39-30)21-12-5-13-22(18-21)36(37)38)34-32-25-16-6-10-19-8-1-3-14-23(19)25/h1-18,29,31-33H. The summed E-state index contributed by atoms with van der Waals surface area (Å²) in [6.45, 7) is 0. The lowest BCUT2D eigenvalue weighted by molar-refractivity contribution is -0.384. The van der Waals surface area contributed by atoms with Crippen molar-refractivity contribution in [3.63, 3.8) is 0 Å². The largest absolute Gasteiger partial charge is 0.461 e. The molecule has 9 heteroatoms. The number of rotatable bonds is 6. The second-order valence-corrected chi connectivity index (χ2v) is 8.91. The number of nitro groups is 1. The molecule has 1 aliphatic heterocycles. The van der Waals surface area contributed by atoms with E-state index in [9.17, 15) is 10.1 Å². The van der Waals surface area contributed by atoms with Crippen molar-refractivity contribution in [2.45, 2.75) is 6.10 Å². The highest BCUT2D eigenvalue weighted by Crippen LogP contribution is 2.31. The lowest BCUT2D eigenvalue weighted by Gasteiger charge is -2.12. The summed E-state index contributed by atoms with van der Waals surface area (Å²) in [4.78, 5) is 11.0. The monoisotopic (exact) mass is 514 g/mol. The van der Waals surface area contributed by atoms with Gasteiger partial charge in [0.2, 0.25) is 5.90 Å². The Balaban J connectivity index is 1.42. The van der Waals surface area contributed by atoms with E-state index in [1.165, 1.54) is 12.1 Å². The smallest absolute Gasteiger partial charge is 0.269 e. The summed E-state index contributed by atoms with van der Waals surface area (Å²) in [6.07, 6.45) is -0.868. The lowest BCUT2D eigenvalue weighted by Crippen LogP contribution is -2.19. The molecule has 0 aromatic heterocycles. The van der Waals surface area contributed by atoms with Crippen LogP contribution in [-0.4, -0.2) is 22.2 Å². The summed E-state index contributed by atoms with van der Waals surface area (Å²) in [5.41, 5.74) is 8.62. The minimum atomic E-state index is -0.868. The van der Waals surface area contributed by atoms with E-state index >= 15 is 0 Å². The van der Waals surface area contributed by atoms with Crippen molar-refractivity contribution >= 4 is 55.9 Å². The van der Waals surface area contributed by atoms with Gasteiger partial charge in [-0.1, -0.05) is 84.9 Å². The average Bonchev–Trinajstić information content (AvgIpc) is 3.29. The van der Waals surface area contributed by atoms with Crippen LogP contribution >= 0.6 is 0 Å². The molecule has 0 bridgehead atoms. The van der Waals surface area contributed by atoms with E-state index < -0.39 is 11.0 Å².